The average molecular weight is 651 g/mol. The van der Waals surface area contributed by atoms with E-state index in [1.54, 1.807) is 0 Å². The van der Waals surface area contributed by atoms with E-state index in [4.69, 9.17) is 4.42 Å². The molecule has 11 rings (SSSR count). The van der Waals surface area contributed by atoms with Crippen LogP contribution in [0, 0.1) is 0 Å². The Bertz CT molecular complexity index is 3130. The van der Waals surface area contributed by atoms with Gasteiger partial charge in [-0.1, -0.05) is 109 Å². The first-order valence-corrected chi connectivity index (χ1v) is 17.4. The van der Waals surface area contributed by atoms with Crippen LogP contribution in [0.2, 0.25) is 0 Å². The molecule has 0 saturated carbocycles. The Balaban J connectivity index is 1.08. The summed E-state index contributed by atoms with van der Waals surface area (Å²) in [6, 6.07) is 65.4. The van der Waals surface area contributed by atoms with E-state index in [-0.39, 0.29) is 0 Å². The fourth-order valence-electron chi connectivity index (χ4n) is 8.25. The molecule has 0 atom stereocenters. The molecule has 0 aliphatic rings. The Morgan fingerprint density at radius 3 is 1.55 bits per heavy atom. The highest BCUT2D eigenvalue weighted by Crippen LogP contribution is 2.41. The van der Waals surface area contributed by atoms with Gasteiger partial charge in [0, 0.05) is 49.8 Å². The van der Waals surface area contributed by atoms with Crippen molar-refractivity contribution in [2.75, 3.05) is 0 Å². The number of rotatable bonds is 4. The van der Waals surface area contributed by atoms with Gasteiger partial charge in [-0.3, -0.25) is 0 Å². The maximum absolute atomic E-state index is 6.53. The first-order chi connectivity index (χ1) is 25.3. The Morgan fingerprint density at radius 1 is 0.314 bits per heavy atom. The van der Waals surface area contributed by atoms with Crippen molar-refractivity contribution < 1.29 is 4.42 Å². The number of hydrogen-bond donors (Lipinski definition) is 0. The molecular weight excluding hydrogens is 621 g/mol. The molecule has 3 heteroatoms. The fourth-order valence-corrected chi connectivity index (χ4v) is 8.25. The normalized spacial score (nSPS) is 11.9. The predicted molar refractivity (Wildman–Crippen MR) is 213 cm³/mol. The Morgan fingerprint density at radius 2 is 0.882 bits per heavy atom. The van der Waals surface area contributed by atoms with Gasteiger partial charge >= 0.3 is 0 Å². The first kappa shape index (κ1) is 28.0. The third-order valence-electron chi connectivity index (χ3n) is 10.5. The molecule has 0 fully saturated rings. The van der Waals surface area contributed by atoms with Gasteiger partial charge in [0.05, 0.1) is 22.1 Å². The first-order valence-electron chi connectivity index (χ1n) is 17.4. The minimum atomic E-state index is 0.886. The molecule has 3 nitrogen and oxygen atoms in total. The minimum absolute atomic E-state index is 0.886. The highest BCUT2D eigenvalue weighted by Gasteiger charge is 2.18. The number of hydrogen-bond acceptors (Lipinski definition) is 1. The predicted octanol–water partition coefficient (Wildman–Crippen LogP) is 13.1. The summed E-state index contributed by atoms with van der Waals surface area (Å²) < 4.78 is 11.3. The van der Waals surface area contributed by atoms with E-state index in [1.807, 2.05) is 0 Å². The highest BCUT2D eigenvalue weighted by molar-refractivity contribution is 6.15. The molecule has 0 N–H and O–H groups in total. The van der Waals surface area contributed by atoms with Crippen molar-refractivity contribution in [3.63, 3.8) is 0 Å². The van der Waals surface area contributed by atoms with Gasteiger partial charge in [0.2, 0.25) is 0 Å². The van der Waals surface area contributed by atoms with Gasteiger partial charge in [0.15, 0.2) is 0 Å². The van der Waals surface area contributed by atoms with Crippen molar-refractivity contribution in [3.05, 3.63) is 182 Å². The number of fused-ring (bicyclic) bond motifs is 9. The molecule has 0 aliphatic heterocycles. The zero-order valence-electron chi connectivity index (χ0n) is 27.6. The van der Waals surface area contributed by atoms with Gasteiger partial charge in [0.25, 0.3) is 0 Å². The third-order valence-corrected chi connectivity index (χ3v) is 10.5. The standard InChI is InChI=1S/C48H30N2O/c1-3-12-31(13-4-1)36-18-11-21-46-48(36)39-25-24-35(30-47(39)51-46)50-43-20-10-8-17-38(43)41-29-33(23-27-45(41)50)32-22-26-44-40(28-32)37-16-7-9-19-42(37)49(44)34-14-5-2-6-15-34/h1-30H. The Hall–Kier alpha value is -6.84. The van der Waals surface area contributed by atoms with Crippen LogP contribution in [0.25, 0.3) is 99.2 Å². The topological polar surface area (TPSA) is 23.0 Å². The van der Waals surface area contributed by atoms with Crippen LogP contribution in [0.4, 0.5) is 0 Å². The maximum atomic E-state index is 6.53. The van der Waals surface area contributed by atoms with Gasteiger partial charge in [-0.15, -0.1) is 0 Å². The van der Waals surface area contributed by atoms with Crippen molar-refractivity contribution in [2.45, 2.75) is 0 Å². The monoisotopic (exact) mass is 650 g/mol. The Labute approximate surface area is 293 Å². The lowest BCUT2D eigenvalue weighted by Crippen LogP contribution is -1.93. The van der Waals surface area contributed by atoms with E-state index in [0.29, 0.717) is 0 Å². The van der Waals surface area contributed by atoms with Crippen LogP contribution in [0.5, 0.6) is 0 Å². The van der Waals surface area contributed by atoms with Crippen LogP contribution in [0.1, 0.15) is 0 Å². The molecule has 0 amide bonds. The molecule has 11 aromatic rings. The van der Waals surface area contributed by atoms with Crippen LogP contribution in [-0.2, 0) is 0 Å². The number of para-hydroxylation sites is 3. The molecule has 3 aromatic heterocycles. The summed E-state index contributed by atoms with van der Waals surface area (Å²) in [7, 11) is 0. The number of benzene rings is 8. The number of furan rings is 1. The van der Waals surface area contributed by atoms with Crippen molar-refractivity contribution in [1.82, 2.24) is 9.13 Å². The summed E-state index contributed by atoms with van der Waals surface area (Å²) >= 11 is 0. The van der Waals surface area contributed by atoms with Gasteiger partial charge in [-0.2, -0.15) is 0 Å². The van der Waals surface area contributed by atoms with Crippen LogP contribution in [-0.4, -0.2) is 9.13 Å². The molecular formula is C48H30N2O. The summed E-state index contributed by atoms with van der Waals surface area (Å²) in [5.74, 6) is 0. The second-order valence-corrected chi connectivity index (χ2v) is 13.3. The second kappa shape index (κ2) is 10.8. The van der Waals surface area contributed by atoms with Gasteiger partial charge in [-0.05, 0) is 89.0 Å². The van der Waals surface area contributed by atoms with Crippen LogP contribution in [0.15, 0.2) is 186 Å². The molecule has 238 valence electrons. The molecule has 0 unspecified atom stereocenters. The summed E-state index contributed by atoms with van der Waals surface area (Å²) in [4.78, 5) is 0. The highest BCUT2D eigenvalue weighted by atomic mass is 16.3. The third kappa shape index (κ3) is 4.19. The number of nitrogens with zero attached hydrogens (tertiary/aromatic N) is 2. The van der Waals surface area contributed by atoms with Crippen LogP contribution >= 0.6 is 0 Å². The minimum Gasteiger partial charge on any atom is -0.456 e. The molecule has 0 aliphatic carbocycles. The summed E-state index contributed by atoms with van der Waals surface area (Å²) in [6.07, 6.45) is 0. The Kier molecular flexibility index (Phi) is 5.96. The lowest BCUT2D eigenvalue weighted by Gasteiger charge is -2.09. The lowest BCUT2D eigenvalue weighted by molar-refractivity contribution is 0.668. The van der Waals surface area contributed by atoms with E-state index >= 15 is 0 Å². The zero-order chi connectivity index (χ0) is 33.5. The molecule has 0 spiro atoms. The molecule has 51 heavy (non-hydrogen) atoms. The smallest absolute Gasteiger partial charge is 0.137 e. The van der Waals surface area contributed by atoms with Crippen molar-refractivity contribution >= 4 is 65.6 Å². The molecule has 0 bridgehead atoms. The van der Waals surface area contributed by atoms with Gasteiger partial charge in [-0.25, -0.2) is 0 Å². The van der Waals surface area contributed by atoms with Crippen LogP contribution in [0.3, 0.4) is 0 Å². The van der Waals surface area contributed by atoms with E-state index in [2.05, 4.69) is 191 Å². The van der Waals surface area contributed by atoms with Gasteiger partial charge < -0.3 is 13.6 Å². The SMILES string of the molecule is c1ccc(-c2cccc3oc4cc(-n5c6ccccc6c6cc(-c7ccc8c(c7)c7ccccc7n8-c7ccccc7)ccc65)ccc4c23)cc1. The van der Waals surface area contributed by atoms with E-state index < -0.39 is 0 Å². The van der Waals surface area contributed by atoms with Crippen molar-refractivity contribution in [1.29, 1.82) is 0 Å². The summed E-state index contributed by atoms with van der Waals surface area (Å²) in [6.45, 7) is 0. The van der Waals surface area contributed by atoms with E-state index in [1.165, 1.54) is 71.6 Å². The van der Waals surface area contributed by atoms with E-state index in [0.717, 1.165) is 27.6 Å². The average Bonchev–Trinajstić information content (AvgIpc) is 3.85. The van der Waals surface area contributed by atoms with E-state index in [9.17, 15) is 0 Å². The van der Waals surface area contributed by atoms with Gasteiger partial charge in [0.1, 0.15) is 11.2 Å². The lowest BCUT2D eigenvalue weighted by atomic mass is 9.99. The molecule has 8 aromatic carbocycles. The summed E-state index contributed by atoms with van der Waals surface area (Å²) in [5, 5.41) is 7.25. The zero-order valence-corrected chi connectivity index (χ0v) is 27.6. The maximum Gasteiger partial charge on any atom is 0.137 e. The fraction of sp³-hybridized carbons (Fsp3) is 0. The largest absolute Gasteiger partial charge is 0.456 e. The van der Waals surface area contributed by atoms with Crippen LogP contribution < -0.4 is 0 Å². The van der Waals surface area contributed by atoms with Crippen molar-refractivity contribution in [3.8, 4) is 33.6 Å². The molecule has 0 saturated heterocycles. The van der Waals surface area contributed by atoms with Crippen molar-refractivity contribution in [2.24, 2.45) is 0 Å². The quantitative estimate of drug-likeness (QED) is 0.186. The second-order valence-electron chi connectivity index (χ2n) is 13.3. The summed E-state index contributed by atoms with van der Waals surface area (Å²) in [5.41, 5.74) is 13.6. The number of aromatic nitrogens is 2. The molecule has 3 heterocycles. The molecule has 0 radical (unpaired) electrons.